The number of hydrogen-bond acceptors (Lipinski definition) is 5. The molecule has 0 bridgehead atoms. The molecule has 0 fully saturated rings. The number of fused-ring (bicyclic) bond motifs is 6. The zero-order chi connectivity index (χ0) is 29.0. The van der Waals surface area contributed by atoms with Crippen LogP contribution in [0, 0.1) is 0 Å². The summed E-state index contributed by atoms with van der Waals surface area (Å²) in [5, 5.41) is 4.23. The lowest BCUT2D eigenvalue weighted by Crippen LogP contribution is -2.00. The number of benzene rings is 6. The summed E-state index contributed by atoms with van der Waals surface area (Å²) in [6.45, 7) is 0. The molecular formula is C39H23N3O2. The summed E-state index contributed by atoms with van der Waals surface area (Å²) in [6, 6.07) is 47.0. The molecule has 0 atom stereocenters. The smallest absolute Gasteiger partial charge is 0.167 e. The largest absolute Gasteiger partial charge is 0.456 e. The maximum Gasteiger partial charge on any atom is 0.167 e. The van der Waals surface area contributed by atoms with E-state index in [9.17, 15) is 0 Å². The van der Waals surface area contributed by atoms with Crippen LogP contribution in [0.5, 0.6) is 0 Å². The summed E-state index contributed by atoms with van der Waals surface area (Å²) in [4.78, 5) is 15.0. The fourth-order valence-corrected chi connectivity index (χ4v) is 6.09. The Hall–Kier alpha value is -6.07. The first kappa shape index (κ1) is 24.5. The topological polar surface area (TPSA) is 65.0 Å². The molecule has 6 aromatic carbocycles. The van der Waals surface area contributed by atoms with Crippen LogP contribution in [0.15, 0.2) is 148 Å². The molecule has 9 aromatic rings. The molecule has 0 aliphatic rings. The van der Waals surface area contributed by atoms with Crippen molar-refractivity contribution in [2.45, 2.75) is 0 Å². The number of nitrogens with zero attached hydrogens (tertiary/aromatic N) is 3. The number of para-hydroxylation sites is 2. The van der Waals surface area contributed by atoms with Gasteiger partial charge in [-0.2, -0.15) is 0 Å². The second-order valence-corrected chi connectivity index (χ2v) is 10.8. The maximum absolute atomic E-state index is 6.57. The first-order valence-corrected chi connectivity index (χ1v) is 14.5. The minimum atomic E-state index is 0.546. The molecule has 0 N–H and O–H groups in total. The molecule has 5 heteroatoms. The monoisotopic (exact) mass is 565 g/mol. The number of rotatable bonds is 4. The van der Waals surface area contributed by atoms with E-state index in [1.54, 1.807) is 0 Å². The number of furan rings is 2. The third-order valence-corrected chi connectivity index (χ3v) is 8.15. The average Bonchev–Trinajstić information content (AvgIpc) is 3.67. The van der Waals surface area contributed by atoms with Crippen LogP contribution < -0.4 is 0 Å². The minimum absolute atomic E-state index is 0.546. The van der Waals surface area contributed by atoms with Gasteiger partial charge in [-0.05, 0) is 41.5 Å². The van der Waals surface area contributed by atoms with Crippen molar-refractivity contribution >= 4 is 43.9 Å². The van der Waals surface area contributed by atoms with E-state index in [0.717, 1.165) is 71.7 Å². The molecule has 3 heterocycles. The van der Waals surface area contributed by atoms with Crippen LogP contribution in [0.2, 0.25) is 0 Å². The summed E-state index contributed by atoms with van der Waals surface area (Å²) in [5.74, 6) is 1.70. The van der Waals surface area contributed by atoms with Crippen LogP contribution >= 0.6 is 0 Å². The Morgan fingerprint density at radius 3 is 1.82 bits per heavy atom. The first-order chi connectivity index (χ1) is 21.8. The van der Waals surface area contributed by atoms with Crippen LogP contribution in [-0.2, 0) is 0 Å². The molecule has 44 heavy (non-hydrogen) atoms. The van der Waals surface area contributed by atoms with Crippen LogP contribution in [0.1, 0.15) is 0 Å². The van der Waals surface area contributed by atoms with Gasteiger partial charge < -0.3 is 8.83 Å². The van der Waals surface area contributed by atoms with Gasteiger partial charge in [0.2, 0.25) is 0 Å². The van der Waals surface area contributed by atoms with Gasteiger partial charge in [0.05, 0.1) is 5.56 Å². The highest BCUT2D eigenvalue weighted by Gasteiger charge is 2.20. The third-order valence-electron chi connectivity index (χ3n) is 8.15. The minimum Gasteiger partial charge on any atom is -0.456 e. The van der Waals surface area contributed by atoms with Crippen molar-refractivity contribution in [3.8, 4) is 45.3 Å². The van der Waals surface area contributed by atoms with Crippen LogP contribution in [0.25, 0.3) is 89.2 Å². The molecule has 206 valence electrons. The van der Waals surface area contributed by atoms with Gasteiger partial charge in [-0.3, -0.25) is 0 Å². The number of hydrogen-bond donors (Lipinski definition) is 0. The van der Waals surface area contributed by atoms with E-state index in [1.807, 2.05) is 91.0 Å². The Morgan fingerprint density at radius 1 is 0.364 bits per heavy atom. The highest BCUT2D eigenvalue weighted by atomic mass is 16.3. The molecule has 0 amide bonds. The van der Waals surface area contributed by atoms with Crippen molar-refractivity contribution in [2.24, 2.45) is 0 Å². The number of aromatic nitrogens is 3. The van der Waals surface area contributed by atoms with E-state index in [0.29, 0.717) is 17.5 Å². The van der Waals surface area contributed by atoms with E-state index in [-0.39, 0.29) is 0 Å². The fourth-order valence-electron chi connectivity index (χ4n) is 6.09. The lowest BCUT2D eigenvalue weighted by molar-refractivity contribution is 0.668. The van der Waals surface area contributed by atoms with Crippen LogP contribution in [-0.4, -0.2) is 15.0 Å². The van der Waals surface area contributed by atoms with Gasteiger partial charge in [0.25, 0.3) is 0 Å². The van der Waals surface area contributed by atoms with E-state index in [2.05, 4.69) is 48.5 Å². The normalized spacial score (nSPS) is 11.6. The van der Waals surface area contributed by atoms with Gasteiger partial charge in [-0.25, -0.2) is 15.0 Å². The van der Waals surface area contributed by atoms with E-state index >= 15 is 0 Å². The standard InChI is InChI=1S/C39H23N3O2/c1-3-11-24(12-4-1)27-16-10-20-33-35(27)30-17-9-18-31(36(30)44-33)39-41-37(25-13-5-2-6-14-25)40-38(42-39)26-21-22-29-28-15-7-8-19-32(28)43-34(29)23-26/h1-23H. The zero-order valence-electron chi connectivity index (χ0n) is 23.4. The van der Waals surface area contributed by atoms with Gasteiger partial charge >= 0.3 is 0 Å². The molecule has 5 nitrogen and oxygen atoms in total. The SMILES string of the molecule is c1ccc(-c2nc(-c3ccc4c(c3)oc3ccccc34)nc(-c3cccc4c3oc3cccc(-c5ccccc5)c34)n2)cc1. The highest BCUT2D eigenvalue weighted by Crippen LogP contribution is 2.40. The molecular weight excluding hydrogens is 542 g/mol. The van der Waals surface area contributed by atoms with E-state index < -0.39 is 0 Å². The van der Waals surface area contributed by atoms with Gasteiger partial charge in [-0.1, -0.05) is 109 Å². The van der Waals surface area contributed by atoms with Crippen LogP contribution in [0.3, 0.4) is 0 Å². The van der Waals surface area contributed by atoms with Gasteiger partial charge in [0, 0.05) is 32.7 Å². The predicted molar refractivity (Wildman–Crippen MR) is 176 cm³/mol. The summed E-state index contributed by atoms with van der Waals surface area (Å²) in [7, 11) is 0. The van der Waals surface area contributed by atoms with Gasteiger partial charge in [-0.15, -0.1) is 0 Å². The van der Waals surface area contributed by atoms with Crippen molar-refractivity contribution in [2.75, 3.05) is 0 Å². The summed E-state index contributed by atoms with van der Waals surface area (Å²) < 4.78 is 12.8. The summed E-state index contributed by atoms with van der Waals surface area (Å²) in [6.07, 6.45) is 0. The lowest BCUT2D eigenvalue weighted by Gasteiger charge is -2.09. The highest BCUT2D eigenvalue weighted by molar-refractivity contribution is 6.15. The quantitative estimate of drug-likeness (QED) is 0.212. The van der Waals surface area contributed by atoms with E-state index in [4.69, 9.17) is 23.8 Å². The van der Waals surface area contributed by atoms with Gasteiger partial charge in [0.1, 0.15) is 22.3 Å². The molecule has 9 rings (SSSR count). The van der Waals surface area contributed by atoms with Gasteiger partial charge in [0.15, 0.2) is 17.5 Å². The van der Waals surface area contributed by atoms with Crippen molar-refractivity contribution in [3.63, 3.8) is 0 Å². The zero-order valence-corrected chi connectivity index (χ0v) is 23.4. The lowest BCUT2D eigenvalue weighted by atomic mass is 9.99. The molecule has 0 saturated carbocycles. The van der Waals surface area contributed by atoms with Crippen LogP contribution in [0.4, 0.5) is 0 Å². The third kappa shape index (κ3) is 3.91. The second-order valence-electron chi connectivity index (χ2n) is 10.8. The molecule has 0 radical (unpaired) electrons. The molecule has 0 unspecified atom stereocenters. The Labute approximate surface area is 252 Å². The maximum atomic E-state index is 6.57. The average molecular weight is 566 g/mol. The first-order valence-electron chi connectivity index (χ1n) is 14.5. The Balaban J connectivity index is 1.27. The molecule has 0 aliphatic heterocycles. The fraction of sp³-hybridized carbons (Fsp3) is 0. The van der Waals surface area contributed by atoms with Crippen molar-refractivity contribution < 1.29 is 8.83 Å². The molecule has 0 saturated heterocycles. The van der Waals surface area contributed by atoms with Crippen molar-refractivity contribution in [1.29, 1.82) is 0 Å². The summed E-state index contributed by atoms with van der Waals surface area (Å²) >= 11 is 0. The van der Waals surface area contributed by atoms with Crippen molar-refractivity contribution in [3.05, 3.63) is 140 Å². The van der Waals surface area contributed by atoms with E-state index in [1.165, 1.54) is 0 Å². The molecule has 3 aromatic heterocycles. The second kappa shape index (κ2) is 9.75. The molecule has 0 aliphatic carbocycles. The summed E-state index contributed by atoms with van der Waals surface area (Å²) in [5.41, 5.74) is 8.04. The van der Waals surface area contributed by atoms with Crippen molar-refractivity contribution in [1.82, 2.24) is 15.0 Å². The predicted octanol–water partition coefficient (Wildman–Crippen LogP) is 10.3. The molecule has 0 spiro atoms. The Kier molecular flexibility index (Phi) is 5.43. The Morgan fingerprint density at radius 2 is 0.977 bits per heavy atom. The Bertz CT molecular complexity index is 2500.